The Labute approximate surface area is 115 Å². The van der Waals surface area contributed by atoms with Gasteiger partial charge in [-0.05, 0) is 18.5 Å². The molecule has 0 radical (unpaired) electrons. The number of likely N-dealkylation sites (N-methyl/N-ethyl adjacent to an activating group) is 1. The van der Waals surface area contributed by atoms with Gasteiger partial charge >= 0.3 is 0 Å². The van der Waals surface area contributed by atoms with E-state index in [9.17, 15) is 4.39 Å². The Hall–Kier alpha value is -1.20. The second-order valence-corrected chi connectivity index (χ2v) is 5.08. The fraction of sp³-hybridized carbons (Fsp3) is 0.643. The molecule has 19 heavy (non-hydrogen) atoms. The average Bonchev–Trinajstić information content (AvgIpc) is 2.35. The highest BCUT2D eigenvalue weighted by Gasteiger charge is 2.10. The van der Waals surface area contributed by atoms with Crippen LogP contribution in [-0.2, 0) is 11.3 Å². The van der Waals surface area contributed by atoms with E-state index in [1.54, 1.807) is 13.2 Å². The van der Waals surface area contributed by atoms with Crippen molar-refractivity contribution in [2.45, 2.75) is 20.4 Å². The van der Waals surface area contributed by atoms with Crippen molar-refractivity contribution in [2.75, 3.05) is 38.8 Å². The predicted molar refractivity (Wildman–Crippen MR) is 75.9 cm³/mol. The third kappa shape index (κ3) is 5.53. The minimum absolute atomic E-state index is 0.301. The monoisotopic (exact) mass is 269 g/mol. The van der Waals surface area contributed by atoms with E-state index in [2.05, 4.69) is 24.1 Å². The Morgan fingerprint density at radius 3 is 2.84 bits per heavy atom. The van der Waals surface area contributed by atoms with Crippen LogP contribution in [0, 0.1) is 11.7 Å². The fourth-order valence-corrected chi connectivity index (χ4v) is 1.78. The van der Waals surface area contributed by atoms with Crippen LogP contribution in [0.4, 0.5) is 10.2 Å². The number of rotatable bonds is 8. The summed E-state index contributed by atoms with van der Waals surface area (Å²) >= 11 is 0. The maximum Gasteiger partial charge on any atom is 0.141 e. The van der Waals surface area contributed by atoms with Crippen LogP contribution in [0.15, 0.2) is 12.3 Å². The molecule has 1 heterocycles. The van der Waals surface area contributed by atoms with Gasteiger partial charge in [0.25, 0.3) is 0 Å². The van der Waals surface area contributed by atoms with Crippen LogP contribution < -0.4 is 10.2 Å². The summed E-state index contributed by atoms with van der Waals surface area (Å²) in [6, 6.07) is 1.54. The van der Waals surface area contributed by atoms with Crippen LogP contribution >= 0.6 is 0 Å². The van der Waals surface area contributed by atoms with Gasteiger partial charge in [-0.25, -0.2) is 9.37 Å². The molecule has 0 saturated carbocycles. The lowest BCUT2D eigenvalue weighted by Gasteiger charge is -2.21. The van der Waals surface area contributed by atoms with E-state index in [-0.39, 0.29) is 5.82 Å². The molecule has 1 N–H and O–H groups in total. The largest absolute Gasteiger partial charge is 0.383 e. The summed E-state index contributed by atoms with van der Waals surface area (Å²) in [5.41, 5.74) is 0.874. The van der Waals surface area contributed by atoms with Crippen molar-refractivity contribution in [1.82, 2.24) is 10.3 Å². The van der Waals surface area contributed by atoms with E-state index in [4.69, 9.17) is 4.74 Å². The van der Waals surface area contributed by atoms with E-state index < -0.39 is 0 Å². The quantitative estimate of drug-likeness (QED) is 0.784. The Morgan fingerprint density at radius 2 is 2.21 bits per heavy atom. The molecule has 4 nitrogen and oxygen atoms in total. The Morgan fingerprint density at radius 1 is 1.47 bits per heavy atom. The number of methoxy groups -OCH3 is 1. The molecule has 1 aromatic heterocycles. The minimum Gasteiger partial charge on any atom is -0.383 e. The van der Waals surface area contributed by atoms with Crippen molar-refractivity contribution in [3.8, 4) is 0 Å². The molecule has 1 aromatic rings. The molecule has 0 aromatic carbocycles. The molecule has 0 aliphatic carbocycles. The number of hydrogen-bond acceptors (Lipinski definition) is 4. The Balaban J connectivity index is 2.73. The van der Waals surface area contributed by atoms with Gasteiger partial charge in [-0.15, -0.1) is 0 Å². The van der Waals surface area contributed by atoms with E-state index in [0.29, 0.717) is 19.1 Å². The summed E-state index contributed by atoms with van der Waals surface area (Å²) in [5, 5.41) is 3.32. The lowest BCUT2D eigenvalue weighted by molar-refractivity contribution is 0.206. The van der Waals surface area contributed by atoms with E-state index in [0.717, 1.165) is 24.5 Å². The maximum atomic E-state index is 13.3. The standard InChI is InChI=1S/C14H24FN3O/c1-11(2)8-16-9-12-7-13(15)10-17-14(12)18(3)5-6-19-4/h7,10-11,16H,5-6,8-9H2,1-4H3. The number of nitrogens with one attached hydrogen (secondary N) is 1. The summed E-state index contributed by atoms with van der Waals surface area (Å²) in [6.07, 6.45) is 1.25. The topological polar surface area (TPSA) is 37.4 Å². The average molecular weight is 269 g/mol. The Kier molecular flexibility index (Phi) is 6.73. The summed E-state index contributed by atoms with van der Waals surface area (Å²) in [4.78, 5) is 6.17. The molecule has 108 valence electrons. The molecular weight excluding hydrogens is 245 g/mol. The van der Waals surface area contributed by atoms with Gasteiger partial charge in [-0.2, -0.15) is 0 Å². The molecular formula is C14H24FN3O. The van der Waals surface area contributed by atoms with Crippen molar-refractivity contribution in [3.05, 3.63) is 23.6 Å². The molecule has 0 unspecified atom stereocenters. The van der Waals surface area contributed by atoms with Crippen LogP contribution in [0.25, 0.3) is 0 Å². The smallest absolute Gasteiger partial charge is 0.141 e. The number of nitrogens with zero attached hydrogens (tertiary/aromatic N) is 2. The van der Waals surface area contributed by atoms with Crippen molar-refractivity contribution >= 4 is 5.82 Å². The van der Waals surface area contributed by atoms with E-state index in [1.807, 2.05) is 11.9 Å². The van der Waals surface area contributed by atoms with Crippen LogP contribution in [0.5, 0.6) is 0 Å². The maximum absolute atomic E-state index is 13.3. The predicted octanol–water partition coefficient (Wildman–Crippen LogP) is 2.05. The van der Waals surface area contributed by atoms with Crippen LogP contribution in [0.1, 0.15) is 19.4 Å². The molecule has 0 spiro atoms. The molecule has 0 saturated heterocycles. The van der Waals surface area contributed by atoms with Crippen molar-refractivity contribution in [2.24, 2.45) is 5.92 Å². The zero-order valence-corrected chi connectivity index (χ0v) is 12.2. The van der Waals surface area contributed by atoms with Gasteiger partial charge in [0.15, 0.2) is 0 Å². The first-order valence-electron chi connectivity index (χ1n) is 6.59. The Bertz CT molecular complexity index is 385. The normalized spacial score (nSPS) is 11.1. The highest BCUT2D eigenvalue weighted by Crippen LogP contribution is 2.17. The fourth-order valence-electron chi connectivity index (χ4n) is 1.78. The highest BCUT2D eigenvalue weighted by molar-refractivity contribution is 5.46. The summed E-state index contributed by atoms with van der Waals surface area (Å²) < 4.78 is 18.4. The number of halogens is 1. The lowest BCUT2D eigenvalue weighted by Crippen LogP contribution is -2.26. The summed E-state index contributed by atoms with van der Waals surface area (Å²) in [5.74, 6) is 1.07. The summed E-state index contributed by atoms with van der Waals surface area (Å²) in [7, 11) is 3.60. The molecule has 5 heteroatoms. The van der Waals surface area contributed by atoms with E-state index in [1.165, 1.54) is 6.20 Å². The van der Waals surface area contributed by atoms with Gasteiger partial charge in [0, 0.05) is 32.8 Å². The molecule has 0 amide bonds. The summed E-state index contributed by atoms with van der Waals surface area (Å²) in [6.45, 7) is 7.15. The van der Waals surface area contributed by atoms with Gasteiger partial charge in [0.05, 0.1) is 12.8 Å². The lowest BCUT2D eigenvalue weighted by atomic mass is 10.2. The van der Waals surface area contributed by atoms with Gasteiger partial charge in [0.2, 0.25) is 0 Å². The first kappa shape index (κ1) is 15.9. The van der Waals surface area contributed by atoms with Gasteiger partial charge in [-0.1, -0.05) is 13.8 Å². The van der Waals surface area contributed by atoms with Crippen molar-refractivity contribution in [1.29, 1.82) is 0 Å². The molecule has 0 atom stereocenters. The highest BCUT2D eigenvalue weighted by atomic mass is 19.1. The van der Waals surface area contributed by atoms with Gasteiger partial charge in [0.1, 0.15) is 11.6 Å². The number of ether oxygens (including phenoxy) is 1. The van der Waals surface area contributed by atoms with Gasteiger partial charge < -0.3 is 15.0 Å². The molecule has 0 bridgehead atoms. The molecule has 0 aliphatic heterocycles. The number of aromatic nitrogens is 1. The SMILES string of the molecule is COCCN(C)c1ncc(F)cc1CNCC(C)C. The first-order valence-corrected chi connectivity index (χ1v) is 6.59. The molecule has 0 fully saturated rings. The van der Waals surface area contributed by atoms with Crippen LogP contribution in [-0.4, -0.2) is 38.8 Å². The second kappa shape index (κ2) is 8.07. The molecule has 1 rings (SSSR count). The third-order valence-electron chi connectivity index (χ3n) is 2.77. The van der Waals surface area contributed by atoms with E-state index >= 15 is 0 Å². The number of anilines is 1. The minimum atomic E-state index is -0.301. The number of hydrogen-bond donors (Lipinski definition) is 1. The van der Waals surface area contributed by atoms with Gasteiger partial charge in [-0.3, -0.25) is 0 Å². The third-order valence-corrected chi connectivity index (χ3v) is 2.77. The van der Waals surface area contributed by atoms with Crippen molar-refractivity contribution < 1.29 is 9.13 Å². The van der Waals surface area contributed by atoms with Crippen LogP contribution in [0.2, 0.25) is 0 Å². The zero-order chi connectivity index (χ0) is 14.3. The second-order valence-electron chi connectivity index (χ2n) is 5.08. The van der Waals surface area contributed by atoms with Crippen LogP contribution in [0.3, 0.4) is 0 Å². The first-order chi connectivity index (χ1) is 9.04. The molecule has 0 aliphatic rings. The number of pyridine rings is 1. The van der Waals surface area contributed by atoms with Crippen molar-refractivity contribution in [3.63, 3.8) is 0 Å². The zero-order valence-electron chi connectivity index (χ0n) is 12.2.